The predicted molar refractivity (Wildman–Crippen MR) is 103 cm³/mol. The van der Waals surface area contributed by atoms with Gasteiger partial charge in [-0.3, -0.25) is 14.9 Å². The third kappa shape index (κ3) is 4.89. The number of carbonyl (C=O) groups excluding carboxylic acids is 1. The molecule has 3 rings (SSSR count). The molecule has 1 N–H and O–H groups in total. The number of carbonyl (C=O) groups is 1. The van der Waals surface area contributed by atoms with E-state index in [1.54, 1.807) is 0 Å². The molecule has 0 aromatic heterocycles. The van der Waals surface area contributed by atoms with Gasteiger partial charge >= 0.3 is 5.69 Å². The van der Waals surface area contributed by atoms with Gasteiger partial charge in [-0.25, -0.2) is 8.42 Å². The Morgan fingerprint density at radius 2 is 1.83 bits per heavy atom. The van der Waals surface area contributed by atoms with E-state index in [-0.39, 0.29) is 15.9 Å². The molecule has 29 heavy (non-hydrogen) atoms. The first-order valence-electron chi connectivity index (χ1n) is 8.98. The van der Waals surface area contributed by atoms with Crippen molar-refractivity contribution in [1.82, 2.24) is 0 Å². The molecule has 1 fully saturated rings. The molecule has 1 aliphatic rings. The smallest absolute Gasteiger partial charge is 0.305 e. The van der Waals surface area contributed by atoms with Crippen molar-refractivity contribution < 1.29 is 27.3 Å². The number of sulfone groups is 1. The van der Waals surface area contributed by atoms with Crippen molar-refractivity contribution in [2.45, 2.75) is 35.8 Å². The minimum Gasteiger partial charge on any atom is -0.484 e. The quantitative estimate of drug-likeness (QED) is 0.540. The molecule has 0 aliphatic heterocycles. The number of benzene rings is 2. The van der Waals surface area contributed by atoms with E-state index < -0.39 is 38.8 Å². The van der Waals surface area contributed by atoms with Crippen LogP contribution in [0.5, 0.6) is 5.75 Å². The Bertz CT molecular complexity index is 1020. The summed E-state index contributed by atoms with van der Waals surface area (Å²) in [5, 5.41) is 12.8. The van der Waals surface area contributed by atoms with Gasteiger partial charge in [0.05, 0.1) is 15.1 Å². The van der Waals surface area contributed by atoms with Crippen molar-refractivity contribution in [3.8, 4) is 5.75 Å². The van der Waals surface area contributed by atoms with Crippen molar-refractivity contribution >= 4 is 27.1 Å². The zero-order valence-corrected chi connectivity index (χ0v) is 16.2. The fraction of sp³-hybridized carbons (Fsp3) is 0.316. The number of rotatable bonds is 7. The molecule has 0 heterocycles. The summed E-state index contributed by atoms with van der Waals surface area (Å²) < 4.78 is 43.8. The maximum atomic E-state index is 13.5. The van der Waals surface area contributed by atoms with Crippen molar-refractivity contribution in [2.75, 3.05) is 11.9 Å². The number of halogens is 1. The van der Waals surface area contributed by atoms with E-state index in [9.17, 15) is 27.7 Å². The Kier molecular flexibility index (Phi) is 6.12. The Morgan fingerprint density at radius 3 is 2.41 bits per heavy atom. The lowest BCUT2D eigenvalue weighted by molar-refractivity contribution is -0.387. The molecule has 1 saturated carbocycles. The number of amides is 1. The third-order valence-corrected chi connectivity index (χ3v) is 6.97. The minimum absolute atomic E-state index is 0.0266. The molecular formula is C19H19FN2O6S. The predicted octanol–water partition coefficient (Wildman–Crippen LogP) is 3.47. The number of anilines is 1. The molecular weight excluding hydrogens is 403 g/mol. The lowest BCUT2D eigenvalue weighted by atomic mass is 10.3. The van der Waals surface area contributed by atoms with Gasteiger partial charge in [0, 0.05) is 17.8 Å². The normalized spacial score (nSPS) is 14.5. The van der Waals surface area contributed by atoms with Gasteiger partial charge in [-0.1, -0.05) is 12.8 Å². The molecule has 0 radical (unpaired) electrons. The minimum atomic E-state index is -3.36. The Hall–Kier alpha value is -3.01. The fourth-order valence-corrected chi connectivity index (χ4v) is 5.04. The van der Waals surface area contributed by atoms with Gasteiger partial charge in [0.25, 0.3) is 5.91 Å². The zero-order valence-electron chi connectivity index (χ0n) is 15.3. The highest BCUT2D eigenvalue weighted by atomic mass is 32.2. The van der Waals surface area contributed by atoms with Crippen LogP contribution in [0.25, 0.3) is 0 Å². The second-order valence-corrected chi connectivity index (χ2v) is 8.91. The van der Waals surface area contributed by atoms with Crippen molar-refractivity contribution in [2.24, 2.45) is 0 Å². The van der Waals surface area contributed by atoms with Gasteiger partial charge in [-0.15, -0.1) is 0 Å². The average Bonchev–Trinajstić information content (AvgIpc) is 3.22. The summed E-state index contributed by atoms with van der Waals surface area (Å²) in [6, 6.07) is 8.86. The SMILES string of the molecule is O=C(COc1ccc([N+](=O)[O-])c(F)c1)Nc1ccc(S(=O)(=O)C2CCCC2)cc1. The van der Waals surface area contributed by atoms with Crippen LogP contribution in [0.2, 0.25) is 0 Å². The molecule has 8 nitrogen and oxygen atoms in total. The molecule has 154 valence electrons. The van der Waals surface area contributed by atoms with Crippen LogP contribution >= 0.6 is 0 Å². The summed E-state index contributed by atoms with van der Waals surface area (Å²) in [5.74, 6) is -1.64. The van der Waals surface area contributed by atoms with E-state index in [1.165, 1.54) is 30.3 Å². The summed E-state index contributed by atoms with van der Waals surface area (Å²) in [6.07, 6.45) is 3.16. The second kappa shape index (κ2) is 8.56. The van der Waals surface area contributed by atoms with Crippen molar-refractivity contribution in [3.05, 3.63) is 58.4 Å². The molecule has 0 bridgehead atoms. The van der Waals surface area contributed by atoms with Gasteiger partial charge in [0.2, 0.25) is 5.82 Å². The van der Waals surface area contributed by atoms with E-state index >= 15 is 0 Å². The van der Waals surface area contributed by atoms with Gasteiger partial charge < -0.3 is 10.1 Å². The first kappa shape index (κ1) is 20.7. The standard InChI is InChI=1S/C19H19FN2O6S/c20-17-11-14(7-10-18(17)22(24)25)28-12-19(23)21-13-5-8-16(9-6-13)29(26,27)15-3-1-2-4-15/h5-11,15H,1-4,12H2,(H,21,23). The van der Waals surface area contributed by atoms with Gasteiger partial charge in [-0.2, -0.15) is 4.39 Å². The summed E-state index contributed by atoms with van der Waals surface area (Å²) in [5.41, 5.74) is -0.298. The molecule has 1 aliphatic carbocycles. The number of nitrogens with one attached hydrogen (secondary N) is 1. The highest BCUT2D eigenvalue weighted by molar-refractivity contribution is 7.92. The van der Waals surface area contributed by atoms with E-state index in [0.29, 0.717) is 18.5 Å². The monoisotopic (exact) mass is 422 g/mol. The Morgan fingerprint density at radius 1 is 1.17 bits per heavy atom. The summed E-state index contributed by atoms with van der Waals surface area (Å²) in [6.45, 7) is -0.445. The van der Waals surface area contributed by atoms with Crippen LogP contribution < -0.4 is 10.1 Å². The van der Waals surface area contributed by atoms with E-state index in [0.717, 1.165) is 25.0 Å². The van der Waals surface area contributed by atoms with Crippen molar-refractivity contribution in [3.63, 3.8) is 0 Å². The van der Waals surface area contributed by atoms with E-state index in [2.05, 4.69) is 5.32 Å². The summed E-state index contributed by atoms with van der Waals surface area (Å²) >= 11 is 0. The largest absolute Gasteiger partial charge is 0.484 e. The maximum Gasteiger partial charge on any atom is 0.305 e. The highest BCUT2D eigenvalue weighted by Crippen LogP contribution is 2.30. The maximum absolute atomic E-state index is 13.5. The Labute approximate surface area is 166 Å². The third-order valence-electron chi connectivity index (χ3n) is 4.69. The summed E-state index contributed by atoms with van der Waals surface area (Å²) in [4.78, 5) is 21.9. The number of nitrogens with zero attached hydrogens (tertiary/aromatic N) is 1. The number of hydrogen-bond acceptors (Lipinski definition) is 6. The van der Waals surface area contributed by atoms with Crippen LogP contribution in [-0.2, 0) is 14.6 Å². The molecule has 2 aromatic carbocycles. The van der Waals surface area contributed by atoms with Crippen LogP contribution in [0.15, 0.2) is 47.4 Å². The van der Waals surface area contributed by atoms with Crippen LogP contribution in [-0.4, -0.2) is 31.1 Å². The topological polar surface area (TPSA) is 116 Å². The molecule has 10 heteroatoms. The molecule has 1 amide bonds. The molecule has 0 atom stereocenters. The summed E-state index contributed by atoms with van der Waals surface area (Å²) in [7, 11) is -3.36. The molecule has 2 aromatic rings. The number of hydrogen-bond donors (Lipinski definition) is 1. The number of nitro benzene ring substituents is 1. The lowest BCUT2D eigenvalue weighted by Crippen LogP contribution is -2.20. The van der Waals surface area contributed by atoms with Gasteiger partial charge in [-0.05, 0) is 43.2 Å². The van der Waals surface area contributed by atoms with Crippen LogP contribution in [0.1, 0.15) is 25.7 Å². The van der Waals surface area contributed by atoms with Gasteiger partial charge in [0.15, 0.2) is 16.4 Å². The van der Waals surface area contributed by atoms with Gasteiger partial charge in [0.1, 0.15) is 5.75 Å². The zero-order chi connectivity index (χ0) is 21.0. The van der Waals surface area contributed by atoms with E-state index in [4.69, 9.17) is 4.74 Å². The number of ether oxygens (including phenoxy) is 1. The van der Waals surface area contributed by atoms with Crippen molar-refractivity contribution in [1.29, 1.82) is 0 Å². The van der Waals surface area contributed by atoms with E-state index in [1.807, 2.05) is 0 Å². The van der Waals surface area contributed by atoms with Crippen LogP contribution in [0.4, 0.5) is 15.8 Å². The Balaban J connectivity index is 1.57. The first-order chi connectivity index (χ1) is 13.8. The van der Waals surface area contributed by atoms with Crippen LogP contribution in [0, 0.1) is 15.9 Å². The first-order valence-corrected chi connectivity index (χ1v) is 10.5. The number of nitro groups is 1. The van der Waals surface area contributed by atoms with Crippen LogP contribution in [0.3, 0.4) is 0 Å². The second-order valence-electron chi connectivity index (χ2n) is 6.68. The fourth-order valence-electron chi connectivity index (χ4n) is 3.19. The average molecular weight is 422 g/mol. The molecule has 0 saturated heterocycles. The molecule has 0 spiro atoms. The highest BCUT2D eigenvalue weighted by Gasteiger charge is 2.30. The molecule has 0 unspecified atom stereocenters. The lowest BCUT2D eigenvalue weighted by Gasteiger charge is -2.12.